The van der Waals surface area contributed by atoms with Gasteiger partial charge < -0.3 is 9.64 Å². The van der Waals surface area contributed by atoms with Crippen LogP contribution in [0.5, 0.6) is 0 Å². The number of benzene rings is 4. The predicted octanol–water partition coefficient (Wildman–Crippen LogP) is 7.86. The molecule has 0 amide bonds. The minimum absolute atomic E-state index is 0.340. The molecule has 0 unspecified atom stereocenters. The van der Waals surface area contributed by atoms with Crippen molar-refractivity contribution in [3.8, 4) is 11.1 Å². The number of hydrogen-bond donors (Lipinski definition) is 0. The van der Waals surface area contributed by atoms with E-state index in [9.17, 15) is 0 Å². The van der Waals surface area contributed by atoms with Crippen molar-refractivity contribution in [1.29, 1.82) is 0 Å². The van der Waals surface area contributed by atoms with Crippen molar-refractivity contribution in [2.45, 2.75) is 31.4 Å². The Hall–Kier alpha value is -4.74. The maximum atomic E-state index is 5.63. The first kappa shape index (κ1) is 27.1. The lowest BCUT2D eigenvalue weighted by molar-refractivity contribution is 0.0819. The smallest absolute Gasteiger partial charge is 0.138 e. The molecule has 4 aromatic carbocycles. The molecule has 0 radical (unpaired) electrons. The second-order valence-electron chi connectivity index (χ2n) is 11.4. The van der Waals surface area contributed by atoms with E-state index in [2.05, 4.69) is 138 Å². The van der Waals surface area contributed by atoms with Gasteiger partial charge in [-0.05, 0) is 60.2 Å². The van der Waals surface area contributed by atoms with Gasteiger partial charge in [-0.1, -0.05) is 97.1 Å². The molecule has 0 bridgehead atoms. The summed E-state index contributed by atoms with van der Waals surface area (Å²) in [5, 5.41) is 6.45. The normalized spacial score (nSPS) is 14.3. The number of aromatic nitrogens is 3. The molecule has 0 saturated carbocycles. The minimum Gasteiger partial charge on any atom is -0.381 e. The van der Waals surface area contributed by atoms with Gasteiger partial charge in [0.2, 0.25) is 0 Å². The Morgan fingerprint density at radius 2 is 1.33 bits per heavy atom. The maximum absolute atomic E-state index is 5.63. The average molecular weight is 565 g/mol. The lowest BCUT2D eigenvalue weighted by Gasteiger charge is -2.36. The molecule has 2 aromatic heterocycles. The molecule has 1 aliphatic rings. The number of ether oxygens (including phenoxy) is 1. The molecule has 1 fully saturated rings. The van der Waals surface area contributed by atoms with Crippen molar-refractivity contribution in [3.05, 3.63) is 150 Å². The molecule has 3 heterocycles. The molecule has 0 N–H and O–H groups in total. The molecule has 1 aliphatic heterocycles. The van der Waals surface area contributed by atoms with Crippen molar-refractivity contribution < 1.29 is 4.74 Å². The summed E-state index contributed by atoms with van der Waals surface area (Å²) in [5.41, 5.74) is 8.30. The fraction of sp³-hybridized carbons (Fsp3) is 0.211. The number of rotatable bonds is 7. The van der Waals surface area contributed by atoms with Gasteiger partial charge in [-0.2, -0.15) is 5.10 Å². The third-order valence-corrected chi connectivity index (χ3v) is 8.96. The van der Waals surface area contributed by atoms with E-state index in [4.69, 9.17) is 14.8 Å². The standard InChI is InChI=1S/C38H36N4O/c1-28-35(29-18-19-36-34(26-29)37(20-23-39-36)41-24-21-33(43-2)22-25-41)27-42(40-28)38(30-12-6-3-7-13-30,31-14-8-4-9-15-31)32-16-10-5-11-17-32/h3-20,23,26-27,33H,21-22,24-25H2,1-2H3. The number of anilines is 1. The molecule has 6 aromatic rings. The molecule has 0 atom stereocenters. The van der Waals surface area contributed by atoms with Gasteiger partial charge >= 0.3 is 0 Å². The van der Waals surface area contributed by atoms with E-state index in [1.54, 1.807) is 0 Å². The van der Waals surface area contributed by atoms with E-state index >= 15 is 0 Å². The molecule has 214 valence electrons. The first-order chi connectivity index (χ1) is 21.2. The maximum Gasteiger partial charge on any atom is 0.138 e. The van der Waals surface area contributed by atoms with Crippen LogP contribution in [0.2, 0.25) is 0 Å². The van der Waals surface area contributed by atoms with Crippen molar-refractivity contribution in [2.75, 3.05) is 25.1 Å². The highest BCUT2D eigenvalue weighted by Gasteiger charge is 2.39. The van der Waals surface area contributed by atoms with Crippen molar-refractivity contribution >= 4 is 16.6 Å². The highest BCUT2D eigenvalue weighted by molar-refractivity contribution is 5.95. The molecule has 0 spiro atoms. The summed E-state index contributed by atoms with van der Waals surface area (Å²) in [6.45, 7) is 4.07. The van der Waals surface area contributed by atoms with Crippen LogP contribution >= 0.6 is 0 Å². The summed E-state index contributed by atoms with van der Waals surface area (Å²) in [7, 11) is 1.82. The van der Waals surface area contributed by atoms with Crippen molar-refractivity contribution in [2.24, 2.45) is 0 Å². The third-order valence-electron chi connectivity index (χ3n) is 8.96. The van der Waals surface area contributed by atoms with Gasteiger partial charge in [0, 0.05) is 49.2 Å². The topological polar surface area (TPSA) is 43.2 Å². The highest BCUT2D eigenvalue weighted by Crippen LogP contribution is 2.42. The van der Waals surface area contributed by atoms with E-state index in [1.165, 1.54) is 11.1 Å². The zero-order valence-electron chi connectivity index (χ0n) is 24.7. The molecule has 7 rings (SSSR count). The van der Waals surface area contributed by atoms with Crippen LogP contribution in [-0.2, 0) is 10.3 Å². The largest absolute Gasteiger partial charge is 0.381 e. The van der Waals surface area contributed by atoms with Crippen molar-refractivity contribution in [1.82, 2.24) is 14.8 Å². The molecule has 1 saturated heterocycles. The molecule has 5 heteroatoms. The van der Waals surface area contributed by atoms with E-state index < -0.39 is 5.54 Å². The van der Waals surface area contributed by atoms with Gasteiger partial charge in [0.1, 0.15) is 5.54 Å². The fourth-order valence-corrected chi connectivity index (χ4v) is 6.76. The van der Waals surface area contributed by atoms with Gasteiger partial charge in [-0.25, -0.2) is 0 Å². The highest BCUT2D eigenvalue weighted by atomic mass is 16.5. The quantitative estimate of drug-likeness (QED) is 0.185. The zero-order valence-corrected chi connectivity index (χ0v) is 24.7. The monoisotopic (exact) mass is 564 g/mol. The number of fused-ring (bicyclic) bond motifs is 1. The Labute approximate surface area is 253 Å². The lowest BCUT2D eigenvalue weighted by atomic mass is 9.77. The lowest BCUT2D eigenvalue weighted by Crippen LogP contribution is -2.38. The number of piperidine rings is 1. The van der Waals surface area contributed by atoms with Gasteiger partial charge in [0.05, 0.1) is 17.3 Å². The average Bonchev–Trinajstić information content (AvgIpc) is 3.47. The van der Waals surface area contributed by atoms with Crippen LogP contribution < -0.4 is 4.90 Å². The first-order valence-electron chi connectivity index (χ1n) is 15.1. The summed E-state index contributed by atoms with van der Waals surface area (Å²) < 4.78 is 7.80. The van der Waals surface area contributed by atoms with Crippen LogP contribution in [0.15, 0.2) is 128 Å². The Morgan fingerprint density at radius 1 is 0.744 bits per heavy atom. The van der Waals surface area contributed by atoms with Crippen LogP contribution in [-0.4, -0.2) is 41.1 Å². The number of pyridine rings is 1. The molecule has 0 aliphatic carbocycles. The van der Waals surface area contributed by atoms with E-state index in [0.717, 1.165) is 65.0 Å². The Morgan fingerprint density at radius 3 is 1.88 bits per heavy atom. The summed E-state index contributed by atoms with van der Waals surface area (Å²) >= 11 is 0. The van der Waals surface area contributed by atoms with Crippen LogP contribution in [0.3, 0.4) is 0 Å². The number of methoxy groups -OCH3 is 1. The second kappa shape index (κ2) is 11.5. The molecular formula is C38H36N4O. The molecule has 43 heavy (non-hydrogen) atoms. The van der Waals surface area contributed by atoms with E-state index in [0.29, 0.717) is 6.10 Å². The van der Waals surface area contributed by atoms with Crippen LogP contribution in [0.1, 0.15) is 35.2 Å². The fourth-order valence-electron chi connectivity index (χ4n) is 6.76. The summed E-state index contributed by atoms with van der Waals surface area (Å²) in [4.78, 5) is 7.19. The Balaban J connectivity index is 1.39. The van der Waals surface area contributed by atoms with Crippen LogP contribution in [0, 0.1) is 6.92 Å². The van der Waals surface area contributed by atoms with Gasteiger partial charge in [0.15, 0.2) is 0 Å². The van der Waals surface area contributed by atoms with Crippen LogP contribution in [0.4, 0.5) is 5.69 Å². The van der Waals surface area contributed by atoms with E-state index in [1.807, 2.05) is 13.3 Å². The molecular weight excluding hydrogens is 528 g/mol. The van der Waals surface area contributed by atoms with Gasteiger partial charge in [-0.15, -0.1) is 0 Å². The summed E-state index contributed by atoms with van der Waals surface area (Å²) in [6, 6.07) is 40.9. The second-order valence-corrected chi connectivity index (χ2v) is 11.4. The third kappa shape index (κ3) is 4.80. The number of nitrogens with zero attached hydrogens (tertiary/aromatic N) is 4. The number of hydrogen-bond acceptors (Lipinski definition) is 4. The van der Waals surface area contributed by atoms with E-state index in [-0.39, 0.29) is 0 Å². The zero-order chi connectivity index (χ0) is 29.2. The Kier molecular flexibility index (Phi) is 7.25. The van der Waals surface area contributed by atoms with Gasteiger partial charge in [0.25, 0.3) is 0 Å². The Bertz CT molecular complexity index is 1730. The van der Waals surface area contributed by atoms with Crippen LogP contribution in [0.25, 0.3) is 22.0 Å². The summed E-state index contributed by atoms with van der Waals surface area (Å²) in [5.74, 6) is 0. The summed E-state index contributed by atoms with van der Waals surface area (Å²) in [6.07, 6.45) is 6.56. The minimum atomic E-state index is -0.651. The number of aryl methyl sites for hydroxylation is 1. The van der Waals surface area contributed by atoms with Crippen molar-refractivity contribution in [3.63, 3.8) is 0 Å². The SMILES string of the molecule is COC1CCN(c2ccnc3ccc(-c4cn(C(c5ccccc5)(c5ccccc5)c5ccccc5)nc4C)cc23)CC1. The molecule has 5 nitrogen and oxygen atoms in total. The predicted molar refractivity (Wildman–Crippen MR) is 175 cm³/mol. The first-order valence-corrected chi connectivity index (χ1v) is 15.1. The van der Waals surface area contributed by atoms with Gasteiger partial charge in [-0.3, -0.25) is 9.67 Å².